The van der Waals surface area contributed by atoms with Gasteiger partial charge in [0.25, 0.3) is 0 Å². The molecule has 0 aliphatic rings. The summed E-state index contributed by atoms with van der Waals surface area (Å²) in [5.74, 6) is -3.71. The first kappa shape index (κ1) is 17.1. The van der Waals surface area contributed by atoms with Gasteiger partial charge in [0.2, 0.25) is 0 Å². The van der Waals surface area contributed by atoms with Crippen molar-refractivity contribution in [1.29, 1.82) is 0 Å². The average molecular weight is 332 g/mol. The maximum atomic E-state index is 11.4. The zero-order valence-electron chi connectivity index (χ0n) is 11.1. The summed E-state index contributed by atoms with van der Waals surface area (Å²) in [6, 6.07) is 2.50. The third-order valence-electron chi connectivity index (χ3n) is 2.50. The number of methoxy groups -OCH3 is 1. The molecule has 1 rings (SSSR count). The molecule has 0 aromatic heterocycles. The Morgan fingerprint density at radius 1 is 1.33 bits per heavy atom. The molecule has 1 N–H and O–H groups in total. The topological polar surface area (TPSA) is 93.0 Å². The van der Waals surface area contributed by atoms with Crippen molar-refractivity contribution in [1.82, 2.24) is 0 Å². The Kier molecular flexibility index (Phi) is 5.87. The second-order valence-electron chi connectivity index (χ2n) is 3.98. The molecule has 1 atom stereocenters. The van der Waals surface area contributed by atoms with E-state index in [4.69, 9.17) is 28.3 Å². The standard InChI is InChI=1S/C13H11Cl2NO5/c1-6(17)9(13(20)21-2)5-16-10-4-7(14)3-8(11(10)15)12(18)19/h3-5,9H,1-2H3,(H,18,19). The summed E-state index contributed by atoms with van der Waals surface area (Å²) in [7, 11) is 1.14. The van der Waals surface area contributed by atoms with Crippen LogP contribution in [-0.2, 0) is 14.3 Å². The lowest BCUT2D eigenvalue weighted by atomic mass is 10.1. The number of esters is 1. The SMILES string of the molecule is COC(=O)C(C=Nc1cc(Cl)cc(C(=O)O)c1Cl)C(C)=O. The highest BCUT2D eigenvalue weighted by Gasteiger charge is 2.22. The third-order valence-corrected chi connectivity index (χ3v) is 3.12. The molecule has 112 valence electrons. The normalized spacial score (nSPS) is 12.2. The molecule has 0 aliphatic heterocycles. The van der Waals surface area contributed by atoms with Gasteiger partial charge in [0.05, 0.1) is 23.4 Å². The first-order valence-electron chi connectivity index (χ1n) is 5.62. The van der Waals surface area contributed by atoms with Gasteiger partial charge in [0, 0.05) is 11.2 Å². The monoisotopic (exact) mass is 331 g/mol. The zero-order chi connectivity index (χ0) is 16.2. The van der Waals surface area contributed by atoms with Gasteiger partial charge < -0.3 is 9.84 Å². The number of carbonyl (C=O) groups is 3. The molecule has 0 saturated heterocycles. The Hall–Kier alpha value is -1.92. The van der Waals surface area contributed by atoms with Crippen LogP contribution in [0.3, 0.4) is 0 Å². The molecule has 6 nitrogen and oxygen atoms in total. The van der Waals surface area contributed by atoms with Gasteiger partial charge in [-0.25, -0.2) is 4.79 Å². The maximum Gasteiger partial charge on any atom is 0.337 e. The van der Waals surface area contributed by atoms with E-state index in [1.807, 2.05) is 0 Å². The number of halogens is 2. The number of rotatable bonds is 5. The molecule has 1 aromatic rings. The molecule has 0 aliphatic carbocycles. The van der Waals surface area contributed by atoms with Crippen LogP contribution in [0.1, 0.15) is 17.3 Å². The Bertz CT molecular complexity index is 627. The van der Waals surface area contributed by atoms with Gasteiger partial charge in [-0.3, -0.25) is 14.6 Å². The number of Topliss-reactive ketones (excluding diaryl/α,β-unsaturated/α-hetero) is 1. The number of carboxylic acid groups (broad SMARTS) is 1. The summed E-state index contributed by atoms with van der Waals surface area (Å²) in [5.41, 5.74) is -0.189. The van der Waals surface area contributed by atoms with E-state index in [0.717, 1.165) is 13.3 Å². The van der Waals surface area contributed by atoms with E-state index in [1.165, 1.54) is 19.1 Å². The number of ketones is 1. The summed E-state index contributed by atoms with van der Waals surface area (Å²) in [4.78, 5) is 37.6. The first-order valence-corrected chi connectivity index (χ1v) is 6.38. The fourth-order valence-corrected chi connectivity index (χ4v) is 1.89. The molecular weight excluding hydrogens is 321 g/mol. The minimum absolute atomic E-state index is 0.0386. The van der Waals surface area contributed by atoms with Crippen molar-refractivity contribution in [2.45, 2.75) is 6.92 Å². The summed E-state index contributed by atoms with van der Waals surface area (Å²) in [6.07, 6.45) is 1.04. The number of nitrogens with zero attached hydrogens (tertiary/aromatic N) is 1. The fraction of sp³-hybridized carbons (Fsp3) is 0.231. The summed E-state index contributed by atoms with van der Waals surface area (Å²) >= 11 is 11.7. The van der Waals surface area contributed by atoms with Gasteiger partial charge in [-0.2, -0.15) is 0 Å². The van der Waals surface area contributed by atoms with Crippen LogP contribution in [0.2, 0.25) is 10.0 Å². The predicted octanol–water partition coefficient (Wildman–Crippen LogP) is 2.77. The average Bonchev–Trinajstić information content (AvgIpc) is 2.41. The van der Waals surface area contributed by atoms with Crippen LogP contribution in [0.15, 0.2) is 17.1 Å². The van der Waals surface area contributed by atoms with E-state index in [2.05, 4.69) is 9.73 Å². The molecular formula is C13H11Cl2NO5. The van der Waals surface area contributed by atoms with Gasteiger partial charge in [-0.1, -0.05) is 23.2 Å². The lowest BCUT2D eigenvalue weighted by Crippen LogP contribution is -2.24. The molecule has 0 fully saturated rings. The second-order valence-corrected chi connectivity index (χ2v) is 4.80. The largest absolute Gasteiger partial charge is 0.478 e. The van der Waals surface area contributed by atoms with E-state index in [0.29, 0.717) is 0 Å². The van der Waals surface area contributed by atoms with Gasteiger partial charge >= 0.3 is 11.9 Å². The number of ether oxygens (including phenoxy) is 1. The second kappa shape index (κ2) is 7.19. The minimum Gasteiger partial charge on any atom is -0.478 e. The van der Waals surface area contributed by atoms with Crippen LogP contribution in [0.5, 0.6) is 0 Å². The maximum absolute atomic E-state index is 11.4. The van der Waals surface area contributed by atoms with Crippen LogP contribution < -0.4 is 0 Å². The van der Waals surface area contributed by atoms with Gasteiger partial charge in [-0.05, 0) is 19.1 Å². The van der Waals surface area contributed by atoms with Crippen LogP contribution in [0.25, 0.3) is 0 Å². The van der Waals surface area contributed by atoms with Crippen molar-refractivity contribution < 1.29 is 24.2 Å². The van der Waals surface area contributed by atoms with E-state index in [9.17, 15) is 14.4 Å². The quantitative estimate of drug-likeness (QED) is 0.508. The van der Waals surface area contributed by atoms with Crippen LogP contribution >= 0.6 is 23.2 Å². The summed E-state index contributed by atoms with van der Waals surface area (Å²) in [5, 5.41) is 8.95. The van der Waals surface area contributed by atoms with Crippen molar-refractivity contribution in [3.05, 3.63) is 27.7 Å². The lowest BCUT2D eigenvalue weighted by molar-refractivity contribution is -0.145. The van der Waals surface area contributed by atoms with Crippen molar-refractivity contribution in [3.8, 4) is 0 Å². The minimum atomic E-state index is -1.27. The lowest BCUT2D eigenvalue weighted by Gasteiger charge is -2.07. The van der Waals surface area contributed by atoms with E-state index in [1.54, 1.807) is 0 Å². The third kappa shape index (κ3) is 4.27. The van der Waals surface area contributed by atoms with E-state index < -0.39 is 23.6 Å². The molecule has 21 heavy (non-hydrogen) atoms. The Balaban J connectivity index is 3.23. The van der Waals surface area contributed by atoms with Gasteiger partial charge in [0.15, 0.2) is 5.92 Å². The highest BCUT2D eigenvalue weighted by Crippen LogP contribution is 2.32. The van der Waals surface area contributed by atoms with Crippen molar-refractivity contribution in [3.63, 3.8) is 0 Å². The molecule has 1 unspecified atom stereocenters. The number of aromatic carboxylic acids is 1. The Morgan fingerprint density at radius 2 is 1.95 bits per heavy atom. The highest BCUT2D eigenvalue weighted by molar-refractivity contribution is 6.38. The van der Waals surface area contributed by atoms with Crippen LogP contribution in [0, 0.1) is 5.92 Å². The number of hydrogen-bond acceptors (Lipinski definition) is 5. The predicted molar refractivity (Wildman–Crippen MR) is 77.8 cm³/mol. The molecule has 0 saturated carbocycles. The van der Waals surface area contributed by atoms with Gasteiger partial charge in [-0.15, -0.1) is 0 Å². The first-order chi connectivity index (χ1) is 9.77. The summed E-state index contributed by atoms with van der Waals surface area (Å²) < 4.78 is 4.47. The van der Waals surface area contributed by atoms with E-state index >= 15 is 0 Å². The number of aliphatic imine (C=N–C) groups is 1. The molecule has 0 spiro atoms. The van der Waals surface area contributed by atoms with Crippen molar-refractivity contribution in [2.75, 3.05) is 7.11 Å². The molecule has 0 bridgehead atoms. The van der Waals surface area contributed by atoms with Crippen molar-refractivity contribution in [2.24, 2.45) is 10.9 Å². The highest BCUT2D eigenvalue weighted by atomic mass is 35.5. The number of carboxylic acids is 1. The van der Waals surface area contributed by atoms with E-state index in [-0.39, 0.29) is 21.3 Å². The zero-order valence-corrected chi connectivity index (χ0v) is 12.6. The van der Waals surface area contributed by atoms with Crippen LogP contribution in [0.4, 0.5) is 5.69 Å². The molecule has 0 amide bonds. The molecule has 0 heterocycles. The van der Waals surface area contributed by atoms with Gasteiger partial charge in [0.1, 0.15) is 5.78 Å². The number of benzene rings is 1. The number of hydrogen-bond donors (Lipinski definition) is 1. The Morgan fingerprint density at radius 3 is 2.43 bits per heavy atom. The Labute approximate surface area is 130 Å². The number of carbonyl (C=O) groups excluding carboxylic acids is 2. The van der Waals surface area contributed by atoms with Crippen molar-refractivity contribution >= 4 is 52.8 Å². The summed E-state index contributed by atoms with van der Waals surface area (Å²) in [6.45, 7) is 1.20. The molecule has 1 aromatic carbocycles. The molecule has 8 heteroatoms. The smallest absolute Gasteiger partial charge is 0.337 e. The fourth-order valence-electron chi connectivity index (χ4n) is 1.44. The van der Waals surface area contributed by atoms with Crippen LogP contribution in [-0.4, -0.2) is 36.2 Å². The molecule has 0 radical (unpaired) electrons.